The average Bonchev–Trinajstić information content (AvgIpc) is 3.42. The van der Waals surface area contributed by atoms with Crippen molar-refractivity contribution >= 4 is 21.5 Å². The topological polar surface area (TPSA) is 30.7 Å². The minimum atomic E-state index is 0.820. The quantitative estimate of drug-likeness (QED) is 0.256. The molecule has 0 N–H and O–H groups in total. The Labute approximate surface area is 215 Å². The van der Waals surface area contributed by atoms with Crippen LogP contribution in [-0.4, -0.2) is 14.8 Å². The zero-order valence-electron chi connectivity index (χ0n) is 20.1. The number of benzene rings is 6. The molecule has 3 nitrogen and oxygen atoms in total. The van der Waals surface area contributed by atoms with Gasteiger partial charge in [0.25, 0.3) is 0 Å². The molecule has 174 valence electrons. The lowest BCUT2D eigenvalue weighted by Gasteiger charge is -2.14. The van der Waals surface area contributed by atoms with Gasteiger partial charge < -0.3 is 0 Å². The van der Waals surface area contributed by atoms with Crippen LogP contribution in [0.5, 0.6) is 0 Å². The number of hydrogen-bond acceptors (Lipinski definition) is 2. The Kier molecular flexibility index (Phi) is 5.11. The van der Waals surface area contributed by atoms with E-state index in [1.165, 1.54) is 27.3 Å². The molecule has 0 bridgehead atoms. The summed E-state index contributed by atoms with van der Waals surface area (Å²) in [5.41, 5.74) is 5.49. The summed E-state index contributed by atoms with van der Waals surface area (Å²) >= 11 is 0. The molecule has 0 aliphatic rings. The van der Waals surface area contributed by atoms with Gasteiger partial charge in [0, 0.05) is 16.5 Å². The highest BCUT2D eigenvalue weighted by atomic mass is 15.3. The highest BCUT2D eigenvalue weighted by molar-refractivity contribution is 5.92. The smallest absolute Gasteiger partial charge is 0.168 e. The Bertz CT molecular complexity index is 1860. The summed E-state index contributed by atoms with van der Waals surface area (Å²) < 4.78 is 2.18. The molecular weight excluding hydrogens is 450 g/mol. The third-order valence-corrected chi connectivity index (χ3v) is 6.93. The molecule has 1 aromatic heterocycles. The third-order valence-electron chi connectivity index (χ3n) is 6.93. The van der Waals surface area contributed by atoms with Crippen LogP contribution >= 0.6 is 0 Å². The fourth-order valence-corrected chi connectivity index (χ4v) is 5.06. The number of fused-ring (bicyclic) bond motifs is 2. The highest BCUT2D eigenvalue weighted by Crippen LogP contribution is 2.33. The van der Waals surface area contributed by atoms with Crippen LogP contribution in [0.2, 0.25) is 0 Å². The second-order valence-corrected chi connectivity index (χ2v) is 9.19. The first-order valence-corrected chi connectivity index (χ1v) is 12.4. The number of hydrogen-bond donors (Lipinski definition) is 0. The van der Waals surface area contributed by atoms with E-state index in [0.29, 0.717) is 0 Å². The Morgan fingerprint density at radius 3 is 1.73 bits per heavy atom. The minimum Gasteiger partial charge on any atom is -0.274 e. The molecule has 7 rings (SSSR count). The first-order chi connectivity index (χ1) is 18.3. The van der Waals surface area contributed by atoms with Crippen LogP contribution in [0.1, 0.15) is 0 Å². The van der Waals surface area contributed by atoms with Gasteiger partial charge in [-0.2, -0.15) is 0 Å². The van der Waals surface area contributed by atoms with Crippen molar-refractivity contribution < 1.29 is 0 Å². The average molecular weight is 474 g/mol. The van der Waals surface area contributed by atoms with Crippen LogP contribution in [0.15, 0.2) is 140 Å². The Balaban J connectivity index is 1.38. The second kappa shape index (κ2) is 8.89. The van der Waals surface area contributed by atoms with Crippen molar-refractivity contribution in [1.82, 2.24) is 14.8 Å². The summed E-state index contributed by atoms with van der Waals surface area (Å²) in [7, 11) is 0. The van der Waals surface area contributed by atoms with Gasteiger partial charge in [-0.3, -0.25) is 4.57 Å². The summed E-state index contributed by atoms with van der Waals surface area (Å²) in [5.74, 6) is 1.64. The fourth-order valence-electron chi connectivity index (χ4n) is 5.06. The van der Waals surface area contributed by atoms with Crippen molar-refractivity contribution in [3.63, 3.8) is 0 Å². The van der Waals surface area contributed by atoms with E-state index in [4.69, 9.17) is 5.10 Å². The van der Waals surface area contributed by atoms with Crippen LogP contribution in [0.25, 0.3) is 61.1 Å². The molecule has 3 heteroatoms. The van der Waals surface area contributed by atoms with Crippen molar-refractivity contribution in [2.24, 2.45) is 0 Å². The molecule has 0 fully saturated rings. The Hall–Kier alpha value is -5.02. The second-order valence-electron chi connectivity index (χ2n) is 9.19. The van der Waals surface area contributed by atoms with Crippen LogP contribution in [0.4, 0.5) is 0 Å². The van der Waals surface area contributed by atoms with E-state index in [1.54, 1.807) is 0 Å². The number of aromatic nitrogens is 3. The molecule has 0 amide bonds. The van der Waals surface area contributed by atoms with E-state index in [2.05, 4.69) is 131 Å². The molecule has 0 saturated heterocycles. The van der Waals surface area contributed by atoms with Gasteiger partial charge in [-0.25, -0.2) is 0 Å². The van der Waals surface area contributed by atoms with Crippen molar-refractivity contribution in [3.8, 4) is 39.6 Å². The summed E-state index contributed by atoms with van der Waals surface area (Å²) in [6.45, 7) is 0. The maximum Gasteiger partial charge on any atom is 0.168 e. The maximum atomic E-state index is 4.70. The molecule has 0 aliphatic carbocycles. The van der Waals surface area contributed by atoms with Gasteiger partial charge in [-0.1, -0.05) is 127 Å². The number of rotatable bonds is 4. The lowest BCUT2D eigenvalue weighted by atomic mass is 10.00. The van der Waals surface area contributed by atoms with E-state index in [1.807, 2.05) is 18.2 Å². The van der Waals surface area contributed by atoms with Crippen molar-refractivity contribution in [1.29, 1.82) is 0 Å². The summed E-state index contributed by atoms with van der Waals surface area (Å²) in [6, 6.07) is 48.8. The maximum absolute atomic E-state index is 4.70. The molecule has 0 saturated carbocycles. The largest absolute Gasteiger partial charge is 0.274 e. The summed E-state index contributed by atoms with van der Waals surface area (Å²) in [6.07, 6.45) is 0. The minimum absolute atomic E-state index is 0.820. The van der Waals surface area contributed by atoms with E-state index < -0.39 is 0 Å². The van der Waals surface area contributed by atoms with Gasteiger partial charge in [0.15, 0.2) is 11.6 Å². The molecule has 0 spiro atoms. The molecule has 0 radical (unpaired) electrons. The zero-order valence-corrected chi connectivity index (χ0v) is 20.1. The van der Waals surface area contributed by atoms with Gasteiger partial charge in [-0.15, -0.1) is 10.2 Å². The lowest BCUT2D eigenvalue weighted by molar-refractivity contribution is 1.08. The molecule has 6 aromatic carbocycles. The van der Waals surface area contributed by atoms with E-state index in [-0.39, 0.29) is 0 Å². The van der Waals surface area contributed by atoms with Crippen LogP contribution in [-0.2, 0) is 0 Å². The summed E-state index contributed by atoms with van der Waals surface area (Å²) in [4.78, 5) is 0. The first-order valence-electron chi connectivity index (χ1n) is 12.4. The standard InChI is InChI=1S/C34H23N3/c1-2-11-27(12-3-1)33-35-36-34(37(33)32-16-8-14-26-10-6-7-15-31(26)32)28-20-17-25(18-21-28)30-22-19-24-9-4-5-13-29(24)23-30/h1-23H. The van der Waals surface area contributed by atoms with Gasteiger partial charge in [0.05, 0.1) is 5.69 Å². The van der Waals surface area contributed by atoms with Crippen molar-refractivity contribution in [3.05, 3.63) is 140 Å². The van der Waals surface area contributed by atoms with Crippen LogP contribution < -0.4 is 0 Å². The lowest BCUT2D eigenvalue weighted by Crippen LogP contribution is -2.01. The number of nitrogens with zero attached hydrogens (tertiary/aromatic N) is 3. The molecule has 7 aromatic rings. The monoisotopic (exact) mass is 473 g/mol. The molecule has 1 heterocycles. The first kappa shape index (κ1) is 21.3. The van der Waals surface area contributed by atoms with Crippen molar-refractivity contribution in [2.45, 2.75) is 0 Å². The van der Waals surface area contributed by atoms with E-state index >= 15 is 0 Å². The van der Waals surface area contributed by atoms with Crippen LogP contribution in [0.3, 0.4) is 0 Å². The molecule has 0 aliphatic heterocycles. The highest BCUT2D eigenvalue weighted by Gasteiger charge is 2.18. The molecular formula is C34H23N3. The Morgan fingerprint density at radius 1 is 0.378 bits per heavy atom. The predicted octanol–water partition coefficient (Wildman–Crippen LogP) is 8.57. The van der Waals surface area contributed by atoms with Gasteiger partial charge >= 0.3 is 0 Å². The van der Waals surface area contributed by atoms with E-state index in [9.17, 15) is 0 Å². The molecule has 37 heavy (non-hydrogen) atoms. The molecule has 0 atom stereocenters. The fraction of sp³-hybridized carbons (Fsp3) is 0. The van der Waals surface area contributed by atoms with Gasteiger partial charge in [0.1, 0.15) is 0 Å². The predicted molar refractivity (Wildman–Crippen MR) is 153 cm³/mol. The molecule has 0 unspecified atom stereocenters. The Morgan fingerprint density at radius 2 is 0.946 bits per heavy atom. The normalized spacial score (nSPS) is 11.2. The van der Waals surface area contributed by atoms with E-state index in [0.717, 1.165) is 33.8 Å². The van der Waals surface area contributed by atoms with Crippen molar-refractivity contribution in [2.75, 3.05) is 0 Å². The van der Waals surface area contributed by atoms with Gasteiger partial charge in [0.2, 0.25) is 0 Å². The zero-order chi connectivity index (χ0) is 24.6. The SMILES string of the molecule is c1ccc(-c2nnc(-c3ccc(-c4ccc5ccccc5c4)cc3)n2-c2cccc3ccccc23)cc1. The third kappa shape index (κ3) is 3.78. The summed E-state index contributed by atoms with van der Waals surface area (Å²) in [5, 5.41) is 14.2. The van der Waals surface area contributed by atoms with Gasteiger partial charge in [-0.05, 0) is 39.4 Å². The van der Waals surface area contributed by atoms with Crippen LogP contribution in [0, 0.1) is 0 Å².